The van der Waals surface area contributed by atoms with Gasteiger partial charge in [0, 0.05) is 19.2 Å². The van der Waals surface area contributed by atoms with Crippen LogP contribution in [0.5, 0.6) is 5.88 Å². The number of ketones is 1. The fraction of sp³-hybridized carbons (Fsp3) is 0.400. The molecule has 0 unspecified atom stereocenters. The highest BCUT2D eigenvalue weighted by Gasteiger charge is 2.34. The molecule has 130 valence electrons. The van der Waals surface area contributed by atoms with Gasteiger partial charge in [-0.15, -0.1) is 0 Å². The van der Waals surface area contributed by atoms with Crippen molar-refractivity contribution in [2.24, 2.45) is 7.05 Å². The van der Waals surface area contributed by atoms with E-state index in [1.54, 1.807) is 6.92 Å². The van der Waals surface area contributed by atoms with Crippen molar-refractivity contribution < 1.29 is 27.8 Å². The zero-order valence-corrected chi connectivity index (χ0v) is 13.3. The van der Waals surface area contributed by atoms with Gasteiger partial charge in [-0.25, -0.2) is 9.67 Å². The first-order valence-electron chi connectivity index (χ1n) is 7.09. The second-order valence-electron chi connectivity index (χ2n) is 5.06. The number of hydrogen-bond donors (Lipinski definition) is 1. The van der Waals surface area contributed by atoms with Crippen LogP contribution in [0.15, 0.2) is 12.1 Å². The van der Waals surface area contributed by atoms with E-state index in [0.29, 0.717) is 0 Å². The largest absolute Gasteiger partial charge is 0.493 e. The molecular formula is C15H16F3N3O3. The number of ether oxygens (including phenoxy) is 1. The molecule has 0 atom stereocenters. The molecule has 6 nitrogen and oxygen atoms in total. The fourth-order valence-corrected chi connectivity index (χ4v) is 2.22. The highest BCUT2D eigenvalue weighted by molar-refractivity contribution is 6.11. The summed E-state index contributed by atoms with van der Waals surface area (Å²) in [6.07, 6.45) is -4.63. The second kappa shape index (κ2) is 6.60. The van der Waals surface area contributed by atoms with E-state index in [1.165, 1.54) is 14.0 Å². The third-order valence-corrected chi connectivity index (χ3v) is 3.37. The Bertz CT molecular complexity index is 769. The van der Waals surface area contributed by atoms with Crippen LogP contribution in [-0.4, -0.2) is 32.3 Å². The first-order valence-corrected chi connectivity index (χ1v) is 7.09. The number of rotatable bonds is 5. The topological polar surface area (TPSA) is 77.2 Å². The smallest absolute Gasteiger partial charge is 0.433 e. The number of carbonyl (C=O) groups is 1. The lowest BCUT2D eigenvalue weighted by molar-refractivity contribution is -0.141. The van der Waals surface area contributed by atoms with Crippen molar-refractivity contribution in [3.63, 3.8) is 0 Å². The minimum absolute atomic E-state index is 0.0668. The maximum Gasteiger partial charge on any atom is 0.433 e. The quantitative estimate of drug-likeness (QED) is 0.845. The zero-order valence-electron chi connectivity index (χ0n) is 13.3. The summed E-state index contributed by atoms with van der Waals surface area (Å²) in [4.78, 5) is 16.2. The molecule has 0 aliphatic carbocycles. The lowest BCUT2D eigenvalue weighted by Gasteiger charge is -2.12. The van der Waals surface area contributed by atoms with Crippen LogP contribution < -0.4 is 0 Å². The van der Waals surface area contributed by atoms with Crippen molar-refractivity contribution in [3.05, 3.63) is 40.3 Å². The molecule has 0 saturated carbocycles. The maximum absolute atomic E-state index is 12.8. The number of hydrogen-bond acceptors (Lipinski definition) is 5. The van der Waals surface area contributed by atoms with Gasteiger partial charge in [0.1, 0.15) is 11.3 Å². The van der Waals surface area contributed by atoms with Crippen LogP contribution in [0.2, 0.25) is 0 Å². The SMILES string of the molecule is CCOCc1nc(C(F)(F)F)ccc1C(=O)c1c(C)nn(C)c1O. The van der Waals surface area contributed by atoms with E-state index in [-0.39, 0.29) is 41.6 Å². The van der Waals surface area contributed by atoms with Gasteiger partial charge >= 0.3 is 6.18 Å². The molecule has 24 heavy (non-hydrogen) atoms. The van der Waals surface area contributed by atoms with E-state index < -0.39 is 17.7 Å². The monoisotopic (exact) mass is 343 g/mol. The minimum Gasteiger partial charge on any atom is -0.493 e. The van der Waals surface area contributed by atoms with Crippen LogP contribution >= 0.6 is 0 Å². The number of nitrogens with zero attached hydrogens (tertiary/aromatic N) is 3. The van der Waals surface area contributed by atoms with E-state index >= 15 is 0 Å². The number of pyridine rings is 1. The average Bonchev–Trinajstić information content (AvgIpc) is 2.76. The summed E-state index contributed by atoms with van der Waals surface area (Å²) in [6.45, 7) is 3.20. The third-order valence-electron chi connectivity index (χ3n) is 3.37. The van der Waals surface area contributed by atoms with Gasteiger partial charge in [0.15, 0.2) is 0 Å². The summed E-state index contributed by atoms with van der Waals surface area (Å²) >= 11 is 0. The molecule has 0 aliphatic heterocycles. The zero-order chi connectivity index (χ0) is 18.1. The lowest BCUT2D eigenvalue weighted by Crippen LogP contribution is -2.15. The van der Waals surface area contributed by atoms with E-state index in [1.807, 2.05) is 0 Å². The van der Waals surface area contributed by atoms with Gasteiger partial charge in [0.25, 0.3) is 0 Å². The summed E-state index contributed by atoms with van der Waals surface area (Å²) in [5.74, 6) is -1.02. The van der Waals surface area contributed by atoms with Gasteiger partial charge in [-0.05, 0) is 26.0 Å². The van der Waals surface area contributed by atoms with Crippen molar-refractivity contribution in [3.8, 4) is 5.88 Å². The molecule has 0 fully saturated rings. The predicted molar refractivity (Wildman–Crippen MR) is 77.6 cm³/mol. The number of alkyl halides is 3. The number of aromatic nitrogens is 3. The number of halogens is 3. The van der Waals surface area contributed by atoms with E-state index in [0.717, 1.165) is 16.8 Å². The predicted octanol–water partition coefficient (Wildman–Crippen LogP) is 2.62. The molecule has 2 aromatic rings. The summed E-state index contributed by atoms with van der Waals surface area (Å²) in [6, 6.07) is 1.77. The van der Waals surface area contributed by atoms with Gasteiger partial charge in [0.05, 0.1) is 18.0 Å². The molecule has 2 rings (SSSR count). The van der Waals surface area contributed by atoms with Gasteiger partial charge in [-0.2, -0.15) is 18.3 Å². The fourth-order valence-electron chi connectivity index (χ4n) is 2.22. The molecule has 2 aromatic heterocycles. The summed E-state index contributed by atoms with van der Waals surface area (Å²) in [5, 5.41) is 13.9. The Morgan fingerprint density at radius 1 is 1.38 bits per heavy atom. The average molecular weight is 343 g/mol. The summed E-state index contributed by atoms with van der Waals surface area (Å²) < 4.78 is 44.7. The number of aryl methyl sites for hydroxylation is 2. The molecular weight excluding hydrogens is 327 g/mol. The minimum atomic E-state index is -4.63. The van der Waals surface area contributed by atoms with Crippen LogP contribution in [0.1, 0.15) is 39.9 Å². The normalized spacial score (nSPS) is 11.8. The second-order valence-corrected chi connectivity index (χ2v) is 5.06. The molecule has 0 spiro atoms. The van der Waals surface area contributed by atoms with Crippen LogP contribution in [0.4, 0.5) is 13.2 Å². The van der Waals surface area contributed by atoms with Crippen LogP contribution in [0, 0.1) is 6.92 Å². The van der Waals surface area contributed by atoms with E-state index in [9.17, 15) is 23.1 Å². The molecule has 2 heterocycles. The van der Waals surface area contributed by atoms with E-state index in [2.05, 4.69) is 10.1 Å². The molecule has 0 radical (unpaired) electrons. The standard InChI is InChI=1S/C15H16F3N3O3/c1-4-24-7-10-9(5-6-11(19-10)15(16,17)18)13(22)12-8(2)20-21(3)14(12)23/h5-6,23H,4,7H2,1-3H3. The molecule has 9 heteroatoms. The van der Waals surface area contributed by atoms with Gasteiger partial charge in [-0.1, -0.05) is 0 Å². The van der Waals surface area contributed by atoms with Crippen LogP contribution in [0.25, 0.3) is 0 Å². The highest BCUT2D eigenvalue weighted by Crippen LogP contribution is 2.30. The van der Waals surface area contributed by atoms with Gasteiger partial charge in [0.2, 0.25) is 11.7 Å². The molecule has 0 saturated heterocycles. The Hall–Kier alpha value is -2.42. The molecule has 0 amide bonds. The highest BCUT2D eigenvalue weighted by atomic mass is 19.4. The van der Waals surface area contributed by atoms with Crippen LogP contribution in [0.3, 0.4) is 0 Å². The third kappa shape index (κ3) is 3.40. The van der Waals surface area contributed by atoms with Crippen molar-refractivity contribution >= 4 is 5.78 Å². The first kappa shape index (κ1) is 17.9. The van der Waals surface area contributed by atoms with Crippen molar-refractivity contribution in [1.29, 1.82) is 0 Å². The Morgan fingerprint density at radius 2 is 2.04 bits per heavy atom. The van der Waals surface area contributed by atoms with Crippen molar-refractivity contribution in [1.82, 2.24) is 14.8 Å². The van der Waals surface area contributed by atoms with Crippen LogP contribution in [-0.2, 0) is 24.6 Å². The molecule has 0 bridgehead atoms. The number of aromatic hydroxyl groups is 1. The molecule has 0 aliphatic rings. The first-order chi connectivity index (χ1) is 11.2. The molecule has 1 N–H and O–H groups in total. The summed E-state index contributed by atoms with van der Waals surface area (Å²) in [7, 11) is 1.45. The van der Waals surface area contributed by atoms with Gasteiger partial charge < -0.3 is 9.84 Å². The Labute approximate surface area is 135 Å². The molecule has 0 aromatic carbocycles. The summed E-state index contributed by atoms with van der Waals surface area (Å²) in [5.41, 5.74) is -1.12. The lowest BCUT2D eigenvalue weighted by atomic mass is 10.0. The van der Waals surface area contributed by atoms with E-state index in [4.69, 9.17) is 4.74 Å². The Morgan fingerprint density at radius 3 is 2.54 bits per heavy atom. The Balaban J connectivity index is 2.53. The van der Waals surface area contributed by atoms with Crippen molar-refractivity contribution in [2.75, 3.05) is 6.61 Å². The van der Waals surface area contributed by atoms with Gasteiger partial charge in [-0.3, -0.25) is 4.79 Å². The maximum atomic E-state index is 12.8. The Kier molecular flexibility index (Phi) is 4.93. The van der Waals surface area contributed by atoms with Crippen molar-refractivity contribution in [2.45, 2.75) is 26.6 Å². The number of carbonyl (C=O) groups excluding carboxylic acids is 1.